The molecule has 108 valence electrons. The number of hydrogen-bond acceptors (Lipinski definition) is 6. The van der Waals surface area contributed by atoms with Crippen LogP contribution < -0.4 is 0 Å². The monoisotopic (exact) mass is 289 g/mol. The minimum atomic E-state index is -0.862. The molecule has 1 aromatic heterocycles. The summed E-state index contributed by atoms with van der Waals surface area (Å²) in [7, 11) is 0. The van der Waals surface area contributed by atoms with E-state index < -0.39 is 11.0 Å². The fourth-order valence-corrected chi connectivity index (χ4v) is 2.41. The van der Waals surface area contributed by atoms with Crippen molar-refractivity contribution in [2.75, 3.05) is 0 Å². The van der Waals surface area contributed by atoms with E-state index in [1.165, 1.54) is 16.8 Å². The lowest BCUT2D eigenvalue weighted by Gasteiger charge is -2.15. The molecule has 0 saturated heterocycles. The van der Waals surface area contributed by atoms with Crippen molar-refractivity contribution in [3.8, 4) is 11.4 Å². The fourth-order valence-electron chi connectivity index (χ4n) is 2.41. The summed E-state index contributed by atoms with van der Waals surface area (Å²) in [4.78, 5) is 25.2. The minimum Gasteiger partial charge on any atom is -0.264 e. The molecule has 0 amide bonds. The van der Waals surface area contributed by atoms with E-state index in [1.807, 2.05) is 0 Å². The second-order valence-electron chi connectivity index (χ2n) is 4.77. The molecule has 0 bridgehead atoms. The van der Waals surface area contributed by atoms with Gasteiger partial charge in [0.15, 0.2) is 5.82 Å². The Bertz CT molecular complexity index is 726. The van der Waals surface area contributed by atoms with Gasteiger partial charge in [-0.1, -0.05) is 12.1 Å². The van der Waals surface area contributed by atoms with Crippen LogP contribution in [0.15, 0.2) is 24.3 Å². The summed E-state index contributed by atoms with van der Waals surface area (Å²) in [6.45, 7) is 0.571. The van der Waals surface area contributed by atoms with Crippen LogP contribution in [0.1, 0.15) is 24.7 Å². The largest absolute Gasteiger partial charge is 0.271 e. The van der Waals surface area contributed by atoms with Gasteiger partial charge in [-0.2, -0.15) is 5.10 Å². The Hall–Kier alpha value is -2.84. The lowest BCUT2D eigenvalue weighted by Crippen LogP contribution is -2.22. The zero-order valence-corrected chi connectivity index (χ0v) is 10.9. The summed E-state index contributed by atoms with van der Waals surface area (Å²) in [6.07, 6.45) is 1.09. The molecule has 0 saturated carbocycles. The highest BCUT2D eigenvalue weighted by molar-refractivity contribution is 5.58. The van der Waals surface area contributed by atoms with Crippen molar-refractivity contribution in [3.63, 3.8) is 0 Å². The average Bonchev–Trinajstić information content (AvgIpc) is 2.91. The van der Waals surface area contributed by atoms with Gasteiger partial charge in [0.05, 0.1) is 4.92 Å². The molecule has 1 atom stereocenters. The summed E-state index contributed by atoms with van der Waals surface area (Å²) in [5, 5.41) is 26.1. The van der Waals surface area contributed by atoms with Gasteiger partial charge in [-0.05, 0) is 6.42 Å². The van der Waals surface area contributed by atoms with E-state index >= 15 is 0 Å². The number of hydrogen-bond donors (Lipinski definition) is 0. The first-order chi connectivity index (χ1) is 10.1. The summed E-state index contributed by atoms with van der Waals surface area (Å²) >= 11 is 0. The van der Waals surface area contributed by atoms with E-state index in [0.717, 1.165) is 0 Å². The second-order valence-corrected chi connectivity index (χ2v) is 4.77. The number of nitro groups is 2. The average molecular weight is 289 g/mol. The van der Waals surface area contributed by atoms with Crippen LogP contribution >= 0.6 is 0 Å². The Balaban J connectivity index is 2.03. The van der Waals surface area contributed by atoms with Crippen LogP contribution in [0.2, 0.25) is 0 Å². The molecule has 1 aliphatic rings. The number of benzene rings is 1. The Morgan fingerprint density at radius 1 is 1.29 bits per heavy atom. The van der Waals surface area contributed by atoms with Gasteiger partial charge in [-0.15, -0.1) is 0 Å². The smallest absolute Gasteiger partial charge is 0.264 e. The van der Waals surface area contributed by atoms with E-state index in [1.54, 1.807) is 12.1 Å². The third-order valence-electron chi connectivity index (χ3n) is 3.42. The van der Waals surface area contributed by atoms with Gasteiger partial charge in [0, 0.05) is 35.6 Å². The second kappa shape index (κ2) is 4.93. The molecule has 2 aromatic rings. The van der Waals surface area contributed by atoms with E-state index in [2.05, 4.69) is 10.1 Å². The summed E-state index contributed by atoms with van der Waals surface area (Å²) < 4.78 is 1.52. The van der Waals surface area contributed by atoms with Gasteiger partial charge in [-0.3, -0.25) is 20.2 Å². The maximum Gasteiger partial charge on any atom is 0.271 e. The van der Waals surface area contributed by atoms with Crippen molar-refractivity contribution in [2.24, 2.45) is 0 Å². The van der Waals surface area contributed by atoms with Crippen molar-refractivity contribution in [1.29, 1.82) is 0 Å². The van der Waals surface area contributed by atoms with Crippen LogP contribution in [-0.2, 0) is 6.54 Å². The Morgan fingerprint density at radius 3 is 2.81 bits per heavy atom. The molecule has 0 aliphatic carbocycles. The molecule has 0 spiro atoms. The van der Waals surface area contributed by atoms with Crippen LogP contribution in [0.3, 0.4) is 0 Å². The third kappa shape index (κ3) is 2.33. The number of aryl methyl sites for hydroxylation is 1. The Labute approximate surface area is 118 Å². The molecule has 9 nitrogen and oxygen atoms in total. The molecule has 0 N–H and O–H groups in total. The number of nitro benzene ring substituents is 1. The predicted octanol–water partition coefficient (Wildman–Crippen LogP) is 1.96. The van der Waals surface area contributed by atoms with Crippen LogP contribution in [0, 0.1) is 20.2 Å². The predicted molar refractivity (Wildman–Crippen MR) is 71.1 cm³/mol. The molecule has 9 heteroatoms. The van der Waals surface area contributed by atoms with Gasteiger partial charge < -0.3 is 0 Å². The molecule has 3 rings (SSSR count). The van der Waals surface area contributed by atoms with Gasteiger partial charge in [0.25, 0.3) is 11.7 Å². The summed E-state index contributed by atoms with van der Waals surface area (Å²) in [5.41, 5.74) is 0.416. The Morgan fingerprint density at radius 2 is 2.10 bits per heavy atom. The number of fused-ring (bicyclic) bond motifs is 1. The maximum absolute atomic E-state index is 11.0. The summed E-state index contributed by atoms with van der Waals surface area (Å²) in [6, 6.07) is 5.06. The first kappa shape index (κ1) is 13.2. The molecule has 0 fully saturated rings. The first-order valence-corrected chi connectivity index (χ1v) is 6.39. The number of rotatable bonds is 3. The quantitative estimate of drug-likeness (QED) is 0.629. The standard InChI is InChI=1S/C12H11N5O4/c18-16(19)9-4-1-3-8(7-9)11-13-12-10(17(20)21)5-2-6-15(12)14-11/h1,3-4,7,10H,2,5-6H2. The lowest BCUT2D eigenvalue weighted by atomic mass is 10.1. The highest BCUT2D eigenvalue weighted by Crippen LogP contribution is 2.29. The number of aromatic nitrogens is 3. The van der Waals surface area contributed by atoms with E-state index in [9.17, 15) is 20.2 Å². The van der Waals surface area contributed by atoms with Crippen LogP contribution in [-0.4, -0.2) is 24.6 Å². The normalized spacial score (nSPS) is 17.2. The molecule has 2 heterocycles. The molecule has 1 unspecified atom stereocenters. The maximum atomic E-state index is 11.0. The highest BCUT2D eigenvalue weighted by Gasteiger charge is 2.33. The zero-order valence-electron chi connectivity index (χ0n) is 10.9. The topological polar surface area (TPSA) is 117 Å². The Kier molecular flexibility index (Phi) is 3.09. The number of non-ortho nitro benzene ring substituents is 1. The minimum absolute atomic E-state index is 0.0638. The molecule has 1 aliphatic heterocycles. The van der Waals surface area contributed by atoms with E-state index in [-0.39, 0.29) is 16.4 Å². The van der Waals surface area contributed by atoms with E-state index in [4.69, 9.17) is 0 Å². The number of nitrogens with zero attached hydrogens (tertiary/aromatic N) is 5. The van der Waals surface area contributed by atoms with Gasteiger partial charge in [0.2, 0.25) is 5.82 Å². The van der Waals surface area contributed by atoms with Crippen molar-refractivity contribution < 1.29 is 9.85 Å². The SMILES string of the molecule is O=[N+]([O-])c1cccc(-c2nc3n(n2)CCCC3[N+](=O)[O-])c1. The van der Waals surface area contributed by atoms with Crippen molar-refractivity contribution in [3.05, 3.63) is 50.3 Å². The molecule has 1 aromatic carbocycles. The summed E-state index contributed by atoms with van der Waals surface area (Å²) in [5.74, 6) is 0.593. The molecule has 21 heavy (non-hydrogen) atoms. The van der Waals surface area contributed by atoms with Crippen molar-refractivity contribution in [1.82, 2.24) is 14.8 Å². The van der Waals surface area contributed by atoms with Gasteiger partial charge in [0.1, 0.15) is 0 Å². The first-order valence-electron chi connectivity index (χ1n) is 6.39. The van der Waals surface area contributed by atoms with E-state index in [0.29, 0.717) is 30.8 Å². The van der Waals surface area contributed by atoms with Crippen molar-refractivity contribution >= 4 is 5.69 Å². The van der Waals surface area contributed by atoms with Gasteiger partial charge in [-0.25, -0.2) is 9.67 Å². The van der Waals surface area contributed by atoms with Gasteiger partial charge >= 0.3 is 0 Å². The van der Waals surface area contributed by atoms with Crippen LogP contribution in [0.25, 0.3) is 11.4 Å². The lowest BCUT2D eigenvalue weighted by molar-refractivity contribution is -0.533. The molecule has 0 radical (unpaired) electrons. The molecular weight excluding hydrogens is 278 g/mol. The highest BCUT2D eigenvalue weighted by atomic mass is 16.6. The van der Waals surface area contributed by atoms with Crippen molar-refractivity contribution in [2.45, 2.75) is 25.4 Å². The third-order valence-corrected chi connectivity index (χ3v) is 3.42. The van der Waals surface area contributed by atoms with Crippen LogP contribution in [0.5, 0.6) is 0 Å². The molecular formula is C12H11N5O4. The van der Waals surface area contributed by atoms with Crippen LogP contribution in [0.4, 0.5) is 5.69 Å². The zero-order chi connectivity index (χ0) is 15.0. The fraction of sp³-hybridized carbons (Fsp3) is 0.333.